The number of nitrogens with one attached hydrogen (secondary N) is 2. The highest BCUT2D eigenvalue weighted by atomic mass is 79.9. The Kier molecular flexibility index (Phi) is 6.33. The number of alkyl halides is 3. The number of methoxy groups -OCH3 is 1. The number of aromatic nitrogens is 4. The van der Waals surface area contributed by atoms with E-state index in [4.69, 9.17) is 4.74 Å². The first-order valence-electron chi connectivity index (χ1n) is 11.1. The standard InChI is InChI=1S/C23H20BrF3N6O3/c1-35-12-8-9-13(17(11-12)36-23(25,26)27)19-31-20-14-5-4-6-15(24)18(14)30-22(33(20)32-19)29-16-7-2-3-10-28-21(16)34/h4-6,8-9,11,16H,2-3,7,10H2,1H3,(H,28,34)(H,29,30)/t16-/m0/s1. The molecule has 9 nitrogen and oxygen atoms in total. The monoisotopic (exact) mass is 564 g/mol. The van der Waals surface area contributed by atoms with Crippen LogP contribution in [0.4, 0.5) is 19.1 Å². The second-order valence-corrected chi connectivity index (χ2v) is 8.99. The number of fused-ring (bicyclic) bond motifs is 3. The molecule has 1 amide bonds. The van der Waals surface area contributed by atoms with Crippen molar-refractivity contribution in [3.05, 3.63) is 40.9 Å². The average Bonchev–Trinajstić information content (AvgIpc) is 3.18. The summed E-state index contributed by atoms with van der Waals surface area (Å²) in [5, 5.41) is 11.1. The van der Waals surface area contributed by atoms with Crippen molar-refractivity contribution in [2.75, 3.05) is 19.0 Å². The van der Waals surface area contributed by atoms with Crippen molar-refractivity contribution in [2.45, 2.75) is 31.7 Å². The number of anilines is 1. The third-order valence-corrected chi connectivity index (χ3v) is 6.39. The predicted molar refractivity (Wildman–Crippen MR) is 129 cm³/mol. The Morgan fingerprint density at radius 3 is 2.81 bits per heavy atom. The molecule has 2 N–H and O–H groups in total. The Hall–Kier alpha value is -3.61. The van der Waals surface area contributed by atoms with Crippen LogP contribution in [0, 0.1) is 0 Å². The quantitative estimate of drug-likeness (QED) is 0.362. The maximum atomic E-state index is 13.2. The molecule has 36 heavy (non-hydrogen) atoms. The Morgan fingerprint density at radius 2 is 2.03 bits per heavy atom. The first kappa shape index (κ1) is 24.1. The van der Waals surface area contributed by atoms with E-state index in [2.05, 4.69) is 46.4 Å². The van der Waals surface area contributed by atoms with E-state index < -0.39 is 18.2 Å². The minimum atomic E-state index is -4.93. The van der Waals surface area contributed by atoms with Crippen molar-refractivity contribution in [1.82, 2.24) is 24.9 Å². The van der Waals surface area contributed by atoms with E-state index in [-0.39, 0.29) is 29.0 Å². The fraction of sp³-hybridized carbons (Fsp3) is 0.304. The molecule has 1 fully saturated rings. The van der Waals surface area contributed by atoms with Crippen molar-refractivity contribution < 1.29 is 27.4 Å². The smallest absolute Gasteiger partial charge is 0.497 e. The van der Waals surface area contributed by atoms with Gasteiger partial charge in [0.25, 0.3) is 0 Å². The van der Waals surface area contributed by atoms with Crippen molar-refractivity contribution in [3.63, 3.8) is 0 Å². The van der Waals surface area contributed by atoms with E-state index in [0.29, 0.717) is 34.0 Å². The summed E-state index contributed by atoms with van der Waals surface area (Å²) in [5.74, 6) is -0.268. The van der Waals surface area contributed by atoms with Crippen LogP contribution in [-0.2, 0) is 4.79 Å². The number of nitrogens with zero attached hydrogens (tertiary/aromatic N) is 4. The highest BCUT2D eigenvalue weighted by molar-refractivity contribution is 9.10. The molecular formula is C23H20BrF3N6O3. The zero-order chi connectivity index (χ0) is 25.4. The number of carbonyl (C=O) groups is 1. The van der Waals surface area contributed by atoms with E-state index in [1.165, 1.54) is 23.8 Å². The highest BCUT2D eigenvalue weighted by Crippen LogP contribution is 2.37. The highest BCUT2D eigenvalue weighted by Gasteiger charge is 2.33. The normalized spacial score (nSPS) is 16.6. The molecule has 0 unspecified atom stereocenters. The van der Waals surface area contributed by atoms with Crippen molar-refractivity contribution in [3.8, 4) is 22.9 Å². The number of ether oxygens (including phenoxy) is 2. The van der Waals surface area contributed by atoms with E-state index in [0.717, 1.165) is 18.9 Å². The molecule has 1 atom stereocenters. The SMILES string of the molecule is COc1ccc(-c2nc3c4cccc(Br)c4nc(N[C@H]4CCCCNC4=O)n3n2)c(OC(F)(F)F)c1. The number of amides is 1. The molecule has 0 radical (unpaired) electrons. The van der Waals surface area contributed by atoms with Gasteiger partial charge in [-0.05, 0) is 59.5 Å². The van der Waals surface area contributed by atoms with Crippen molar-refractivity contribution >= 4 is 44.3 Å². The van der Waals surface area contributed by atoms with Gasteiger partial charge in [0.1, 0.15) is 17.5 Å². The molecule has 2 aromatic heterocycles. The van der Waals surface area contributed by atoms with Crippen LogP contribution < -0.4 is 20.1 Å². The van der Waals surface area contributed by atoms with Gasteiger partial charge in [-0.3, -0.25) is 4.79 Å². The molecule has 2 aromatic carbocycles. The van der Waals surface area contributed by atoms with Gasteiger partial charge >= 0.3 is 6.36 Å². The topological polar surface area (TPSA) is 103 Å². The summed E-state index contributed by atoms with van der Waals surface area (Å²) >= 11 is 3.49. The molecule has 0 spiro atoms. The molecule has 3 heterocycles. The van der Waals surface area contributed by atoms with Crippen molar-refractivity contribution in [2.24, 2.45) is 0 Å². The lowest BCUT2D eigenvalue weighted by Gasteiger charge is -2.17. The zero-order valence-corrected chi connectivity index (χ0v) is 20.5. The summed E-state index contributed by atoms with van der Waals surface area (Å²) in [7, 11) is 1.34. The number of benzene rings is 2. The van der Waals surface area contributed by atoms with Crippen LogP contribution in [0.5, 0.6) is 11.5 Å². The Bertz CT molecular complexity index is 1460. The van der Waals surface area contributed by atoms with Gasteiger partial charge in [-0.2, -0.15) is 4.52 Å². The summed E-state index contributed by atoms with van der Waals surface area (Å²) in [6, 6.07) is 8.84. The van der Waals surface area contributed by atoms with Gasteiger partial charge in [-0.25, -0.2) is 9.97 Å². The van der Waals surface area contributed by atoms with Gasteiger partial charge in [0, 0.05) is 22.5 Å². The van der Waals surface area contributed by atoms with Crippen LogP contribution in [0.2, 0.25) is 0 Å². The summed E-state index contributed by atoms with van der Waals surface area (Å²) in [6.45, 7) is 0.593. The van der Waals surface area contributed by atoms with Gasteiger partial charge in [0.15, 0.2) is 11.5 Å². The third-order valence-electron chi connectivity index (χ3n) is 5.75. The fourth-order valence-corrected chi connectivity index (χ4v) is 4.52. The molecule has 5 rings (SSSR count). The summed E-state index contributed by atoms with van der Waals surface area (Å²) in [4.78, 5) is 21.8. The van der Waals surface area contributed by atoms with Gasteiger partial charge < -0.3 is 20.1 Å². The van der Waals surface area contributed by atoms with E-state index >= 15 is 0 Å². The summed E-state index contributed by atoms with van der Waals surface area (Å²) < 4.78 is 50.8. The third kappa shape index (κ3) is 4.74. The van der Waals surface area contributed by atoms with E-state index in [1.54, 1.807) is 12.1 Å². The molecule has 0 saturated carbocycles. The van der Waals surface area contributed by atoms with Crippen LogP contribution in [0.3, 0.4) is 0 Å². The predicted octanol–water partition coefficient (Wildman–Crippen LogP) is 4.69. The van der Waals surface area contributed by atoms with Gasteiger partial charge in [0.05, 0.1) is 18.2 Å². The number of hydrogen-bond acceptors (Lipinski definition) is 7. The average molecular weight is 565 g/mol. The molecule has 0 bridgehead atoms. The molecule has 1 aliphatic rings. The van der Waals surface area contributed by atoms with E-state index in [1.807, 2.05) is 6.07 Å². The molecule has 0 aliphatic carbocycles. The zero-order valence-electron chi connectivity index (χ0n) is 18.9. The Balaban J connectivity index is 1.69. The molecule has 4 aromatic rings. The van der Waals surface area contributed by atoms with Crippen LogP contribution in [0.25, 0.3) is 27.9 Å². The maximum absolute atomic E-state index is 13.2. The Morgan fingerprint density at radius 1 is 1.19 bits per heavy atom. The second kappa shape index (κ2) is 9.45. The number of halogens is 4. The number of carbonyl (C=O) groups excluding carboxylic acids is 1. The number of para-hydroxylation sites is 1. The lowest BCUT2D eigenvalue weighted by molar-refractivity contribution is -0.274. The van der Waals surface area contributed by atoms with Gasteiger partial charge in [-0.1, -0.05) is 6.07 Å². The molecule has 1 saturated heterocycles. The first-order chi connectivity index (χ1) is 17.2. The molecular weight excluding hydrogens is 545 g/mol. The summed E-state index contributed by atoms with van der Waals surface area (Å²) in [5.41, 5.74) is 0.918. The van der Waals surface area contributed by atoms with Crippen LogP contribution in [-0.4, -0.2) is 51.5 Å². The first-order valence-corrected chi connectivity index (χ1v) is 11.9. The van der Waals surface area contributed by atoms with Crippen molar-refractivity contribution in [1.29, 1.82) is 0 Å². The largest absolute Gasteiger partial charge is 0.573 e. The molecule has 188 valence electrons. The number of hydrogen-bond donors (Lipinski definition) is 2. The molecule has 1 aliphatic heterocycles. The minimum absolute atomic E-state index is 0.0122. The lowest BCUT2D eigenvalue weighted by Crippen LogP contribution is -2.38. The van der Waals surface area contributed by atoms with Crippen LogP contribution >= 0.6 is 15.9 Å². The van der Waals surface area contributed by atoms with Crippen LogP contribution in [0.1, 0.15) is 19.3 Å². The summed E-state index contributed by atoms with van der Waals surface area (Å²) in [6.07, 6.45) is -2.64. The van der Waals surface area contributed by atoms with Gasteiger partial charge in [-0.15, -0.1) is 18.3 Å². The fourth-order valence-electron chi connectivity index (χ4n) is 4.06. The Labute approximate surface area is 211 Å². The van der Waals surface area contributed by atoms with E-state index in [9.17, 15) is 18.0 Å². The lowest BCUT2D eigenvalue weighted by atomic mass is 10.1. The van der Waals surface area contributed by atoms with Crippen LogP contribution in [0.15, 0.2) is 40.9 Å². The molecule has 13 heteroatoms. The number of rotatable bonds is 5. The minimum Gasteiger partial charge on any atom is -0.497 e. The maximum Gasteiger partial charge on any atom is 0.573 e. The van der Waals surface area contributed by atoms with Gasteiger partial charge in [0.2, 0.25) is 11.9 Å². The second-order valence-electron chi connectivity index (χ2n) is 8.14.